The molecule has 0 aliphatic heterocycles. The monoisotopic (exact) mass is 466 g/mol. The van der Waals surface area contributed by atoms with Crippen molar-refractivity contribution >= 4 is 28.2 Å². The first-order valence-electron chi connectivity index (χ1n) is 10.6. The Morgan fingerprint density at radius 1 is 0.941 bits per heavy atom. The van der Waals surface area contributed by atoms with E-state index in [9.17, 15) is 0 Å². The van der Waals surface area contributed by atoms with Crippen LogP contribution in [0.25, 0.3) is 27.7 Å². The first kappa shape index (κ1) is 20.5. The molecule has 8 nitrogen and oxygen atoms in total. The van der Waals surface area contributed by atoms with Crippen LogP contribution in [0.3, 0.4) is 0 Å². The van der Waals surface area contributed by atoms with Gasteiger partial charge in [0.2, 0.25) is 0 Å². The van der Waals surface area contributed by atoms with Gasteiger partial charge in [-0.25, -0.2) is 4.98 Å². The molecule has 0 saturated heterocycles. The molecule has 0 radical (unpaired) electrons. The summed E-state index contributed by atoms with van der Waals surface area (Å²) in [4.78, 5) is 8.66. The van der Waals surface area contributed by atoms with Gasteiger partial charge in [0.1, 0.15) is 5.54 Å². The Bertz CT molecular complexity index is 1660. The first-order valence-corrected chi connectivity index (χ1v) is 11.0. The minimum atomic E-state index is -0.991. The van der Waals surface area contributed by atoms with Gasteiger partial charge in [0.15, 0.2) is 5.65 Å². The maximum absolute atomic E-state index is 7.23. The Balaban J connectivity index is 1.69. The molecule has 0 bridgehead atoms. The number of fused-ring (bicyclic) bond motifs is 3. The Morgan fingerprint density at radius 3 is 2.62 bits per heavy atom. The maximum atomic E-state index is 7.23. The second-order valence-electron chi connectivity index (χ2n) is 8.19. The Kier molecular flexibility index (Phi) is 4.65. The van der Waals surface area contributed by atoms with Crippen LogP contribution in [0.2, 0.25) is 5.02 Å². The van der Waals surface area contributed by atoms with E-state index in [1.807, 2.05) is 66.2 Å². The Hall–Kier alpha value is -4.14. The van der Waals surface area contributed by atoms with E-state index in [2.05, 4.69) is 31.6 Å². The number of nitrogens with zero attached hydrogens (tertiary/aromatic N) is 7. The number of rotatable bonds is 4. The van der Waals surface area contributed by atoms with Gasteiger partial charge >= 0.3 is 0 Å². The third kappa shape index (κ3) is 3.07. The fourth-order valence-electron chi connectivity index (χ4n) is 4.53. The van der Waals surface area contributed by atoms with E-state index in [4.69, 9.17) is 17.3 Å². The molecule has 6 aromatic rings. The minimum absolute atomic E-state index is 0.646. The molecule has 1 unspecified atom stereocenters. The van der Waals surface area contributed by atoms with Gasteiger partial charge in [-0.05, 0) is 63.5 Å². The maximum Gasteiger partial charge on any atom is 0.180 e. The van der Waals surface area contributed by atoms with Crippen LogP contribution in [0.15, 0.2) is 85.6 Å². The summed E-state index contributed by atoms with van der Waals surface area (Å²) in [6.45, 7) is 0. The number of nitrogens with two attached hydrogens (primary N) is 1. The van der Waals surface area contributed by atoms with Gasteiger partial charge in [0.05, 0.1) is 23.7 Å². The zero-order valence-corrected chi connectivity index (χ0v) is 18.9. The van der Waals surface area contributed by atoms with Crippen molar-refractivity contribution in [3.8, 4) is 11.1 Å². The topological polar surface area (TPSA) is 99.8 Å². The van der Waals surface area contributed by atoms with Crippen LogP contribution in [0.1, 0.15) is 16.8 Å². The summed E-state index contributed by atoms with van der Waals surface area (Å²) >= 11 is 6.33. The molecule has 2 aromatic carbocycles. The van der Waals surface area contributed by atoms with Gasteiger partial charge in [-0.3, -0.25) is 4.98 Å². The van der Waals surface area contributed by atoms with Crippen molar-refractivity contribution in [3.63, 3.8) is 0 Å². The third-order valence-electron chi connectivity index (χ3n) is 6.21. The fourth-order valence-corrected chi connectivity index (χ4v) is 4.72. The Morgan fingerprint density at radius 2 is 1.85 bits per heavy atom. The molecular formula is C25H19ClN8. The van der Waals surface area contributed by atoms with Gasteiger partial charge in [0, 0.05) is 35.4 Å². The molecule has 0 fully saturated rings. The summed E-state index contributed by atoms with van der Waals surface area (Å²) in [7, 11) is 1.93. The minimum Gasteiger partial charge on any atom is -0.336 e. The second-order valence-corrected chi connectivity index (χ2v) is 8.63. The molecule has 0 aliphatic carbocycles. The van der Waals surface area contributed by atoms with Gasteiger partial charge < -0.3 is 10.3 Å². The van der Waals surface area contributed by atoms with Crippen molar-refractivity contribution in [2.75, 3.05) is 0 Å². The molecule has 0 amide bonds. The summed E-state index contributed by atoms with van der Waals surface area (Å²) in [6.07, 6.45) is 7.06. The lowest BCUT2D eigenvalue weighted by atomic mass is 9.81. The largest absolute Gasteiger partial charge is 0.336 e. The lowest BCUT2D eigenvalue weighted by Gasteiger charge is -2.31. The van der Waals surface area contributed by atoms with Crippen molar-refractivity contribution in [2.45, 2.75) is 5.54 Å². The average Bonchev–Trinajstić information content (AvgIpc) is 3.52. The van der Waals surface area contributed by atoms with E-state index < -0.39 is 5.54 Å². The highest BCUT2D eigenvalue weighted by Crippen LogP contribution is 2.38. The predicted molar refractivity (Wildman–Crippen MR) is 130 cm³/mol. The van der Waals surface area contributed by atoms with Crippen molar-refractivity contribution in [1.29, 1.82) is 0 Å². The zero-order chi connectivity index (χ0) is 23.3. The first-order chi connectivity index (χ1) is 16.6. The predicted octanol–water partition coefficient (Wildman–Crippen LogP) is 3.98. The quantitative estimate of drug-likeness (QED) is 0.422. The van der Waals surface area contributed by atoms with E-state index in [0.717, 1.165) is 38.9 Å². The highest BCUT2D eigenvalue weighted by molar-refractivity contribution is 6.30. The normalized spacial score (nSPS) is 13.4. The van der Waals surface area contributed by atoms with Gasteiger partial charge in [-0.2, -0.15) is 4.52 Å². The molecule has 2 N–H and O–H groups in total. The molecule has 9 heteroatoms. The number of aryl methyl sites for hydroxylation is 1. The zero-order valence-electron chi connectivity index (χ0n) is 18.2. The number of tetrazole rings is 1. The number of imidazole rings is 1. The molecule has 34 heavy (non-hydrogen) atoms. The van der Waals surface area contributed by atoms with Crippen LogP contribution in [-0.2, 0) is 12.6 Å². The van der Waals surface area contributed by atoms with E-state index >= 15 is 0 Å². The number of aromatic nitrogens is 7. The molecule has 166 valence electrons. The molecule has 0 spiro atoms. The molecular weight excluding hydrogens is 448 g/mol. The lowest BCUT2D eigenvalue weighted by molar-refractivity contribution is 0.594. The van der Waals surface area contributed by atoms with E-state index in [0.29, 0.717) is 10.7 Å². The fraction of sp³-hybridized carbons (Fsp3) is 0.0800. The molecule has 4 aromatic heterocycles. The highest BCUT2D eigenvalue weighted by Gasteiger charge is 2.35. The molecule has 0 saturated carbocycles. The number of pyridine rings is 2. The van der Waals surface area contributed by atoms with Crippen LogP contribution in [0, 0.1) is 0 Å². The third-order valence-corrected chi connectivity index (χ3v) is 6.45. The van der Waals surface area contributed by atoms with Gasteiger partial charge in [-0.15, -0.1) is 5.10 Å². The average molecular weight is 467 g/mol. The van der Waals surface area contributed by atoms with Crippen molar-refractivity contribution < 1.29 is 0 Å². The SMILES string of the molecule is Cn1cncc1C(N)(c1cccnc1)c1ccc2c(c1)c(-c1cccc(Cl)c1)cc1nnnn12. The van der Waals surface area contributed by atoms with Crippen molar-refractivity contribution in [2.24, 2.45) is 12.8 Å². The van der Waals surface area contributed by atoms with Crippen LogP contribution < -0.4 is 5.73 Å². The van der Waals surface area contributed by atoms with Crippen LogP contribution in [0.5, 0.6) is 0 Å². The summed E-state index contributed by atoms with van der Waals surface area (Å²) < 4.78 is 3.65. The number of benzene rings is 2. The summed E-state index contributed by atoms with van der Waals surface area (Å²) in [6, 6.07) is 19.7. The number of hydrogen-bond donors (Lipinski definition) is 1. The van der Waals surface area contributed by atoms with Crippen LogP contribution >= 0.6 is 11.6 Å². The van der Waals surface area contributed by atoms with Crippen LogP contribution in [-0.4, -0.2) is 34.6 Å². The van der Waals surface area contributed by atoms with Crippen molar-refractivity contribution in [3.05, 3.63) is 107 Å². The molecule has 4 heterocycles. The van der Waals surface area contributed by atoms with E-state index in [1.54, 1.807) is 29.4 Å². The Labute approximate surface area is 199 Å². The van der Waals surface area contributed by atoms with Crippen LogP contribution in [0.4, 0.5) is 0 Å². The second kappa shape index (κ2) is 7.72. The molecule has 1 atom stereocenters. The van der Waals surface area contributed by atoms with Gasteiger partial charge in [0.25, 0.3) is 0 Å². The number of halogens is 1. The summed E-state index contributed by atoms with van der Waals surface area (Å²) in [5.74, 6) is 0. The smallest absolute Gasteiger partial charge is 0.180 e. The standard InChI is InChI=1S/C25H19ClN8/c1-33-15-29-14-23(33)25(27,18-5-3-9-28-13-18)17-7-8-22-21(11-17)20(12-24-30-31-32-34(22)24)16-4-2-6-19(26)10-16/h2-15H,27H2,1H3. The lowest BCUT2D eigenvalue weighted by Crippen LogP contribution is -2.41. The van der Waals surface area contributed by atoms with E-state index in [1.165, 1.54) is 0 Å². The molecule has 0 aliphatic rings. The van der Waals surface area contributed by atoms with E-state index in [-0.39, 0.29) is 0 Å². The summed E-state index contributed by atoms with van der Waals surface area (Å²) in [5, 5.41) is 13.8. The van der Waals surface area contributed by atoms with Crippen molar-refractivity contribution in [1.82, 2.24) is 34.6 Å². The highest BCUT2D eigenvalue weighted by atomic mass is 35.5. The molecule has 6 rings (SSSR count). The number of hydrogen-bond acceptors (Lipinski definition) is 6. The van der Waals surface area contributed by atoms with Gasteiger partial charge in [-0.1, -0.05) is 35.9 Å². The summed E-state index contributed by atoms with van der Waals surface area (Å²) in [5.41, 5.74) is 12.2.